The van der Waals surface area contributed by atoms with E-state index < -0.39 is 0 Å². The number of likely N-dealkylation sites (N-methyl/N-ethyl adjacent to an activating group) is 1. The zero-order valence-corrected chi connectivity index (χ0v) is 17.8. The molecule has 0 spiro atoms. The van der Waals surface area contributed by atoms with E-state index in [9.17, 15) is 0 Å². The molecule has 4 nitrogen and oxygen atoms in total. The predicted octanol–water partition coefficient (Wildman–Crippen LogP) is 4.44. The van der Waals surface area contributed by atoms with Crippen molar-refractivity contribution in [2.45, 2.75) is 19.1 Å². The second kappa shape index (κ2) is 9.79. The Morgan fingerprint density at radius 1 is 0.900 bits per heavy atom. The van der Waals surface area contributed by atoms with E-state index in [1.807, 2.05) is 24.3 Å². The summed E-state index contributed by atoms with van der Waals surface area (Å²) in [6, 6.07) is 25.2. The Balaban J connectivity index is 1.53. The van der Waals surface area contributed by atoms with Crippen LogP contribution in [-0.2, 0) is 13.0 Å². The molecule has 1 aliphatic rings. The molecule has 0 amide bonds. The fraction of sp³-hybridized carbons (Fsp3) is 0.308. The van der Waals surface area contributed by atoms with Gasteiger partial charge in [0.05, 0.1) is 6.04 Å². The van der Waals surface area contributed by atoms with Gasteiger partial charge in [0.2, 0.25) is 0 Å². The van der Waals surface area contributed by atoms with E-state index in [4.69, 9.17) is 9.47 Å². The van der Waals surface area contributed by atoms with Crippen LogP contribution in [-0.4, -0.2) is 38.7 Å². The van der Waals surface area contributed by atoms with Crippen LogP contribution >= 0.6 is 0 Å². The number of nitrogens with one attached hydrogen (secondary N) is 1. The number of hydrogen-bond acceptors (Lipinski definition) is 4. The first kappa shape index (κ1) is 20.5. The minimum atomic E-state index is 0.122. The van der Waals surface area contributed by atoms with E-state index in [1.165, 1.54) is 22.3 Å². The highest BCUT2D eigenvalue weighted by Crippen LogP contribution is 2.35. The van der Waals surface area contributed by atoms with Crippen LogP contribution in [0.3, 0.4) is 0 Å². The summed E-state index contributed by atoms with van der Waals surface area (Å²) in [5, 5.41) is 3.68. The lowest BCUT2D eigenvalue weighted by Crippen LogP contribution is -2.31. The molecule has 4 rings (SSSR count). The largest absolute Gasteiger partial charge is 0.492 e. The minimum absolute atomic E-state index is 0.122. The van der Waals surface area contributed by atoms with Crippen molar-refractivity contribution in [3.05, 3.63) is 95.1 Å². The lowest BCUT2D eigenvalue weighted by Gasteiger charge is -2.29. The molecule has 0 saturated carbocycles. The maximum absolute atomic E-state index is 6.22. The third-order valence-corrected chi connectivity index (χ3v) is 5.44. The SMILES string of the molecule is CN(C)CCOc1ccc2c(c1)CCNC2c1ccccc1OCc1ccccc1. The Kier molecular flexibility index (Phi) is 6.67. The molecule has 0 fully saturated rings. The predicted molar refractivity (Wildman–Crippen MR) is 121 cm³/mol. The van der Waals surface area contributed by atoms with Gasteiger partial charge in [0.1, 0.15) is 24.7 Å². The van der Waals surface area contributed by atoms with Gasteiger partial charge in [-0.15, -0.1) is 0 Å². The molecule has 0 bridgehead atoms. The fourth-order valence-corrected chi connectivity index (χ4v) is 3.84. The van der Waals surface area contributed by atoms with Crippen molar-refractivity contribution in [1.82, 2.24) is 10.2 Å². The van der Waals surface area contributed by atoms with Gasteiger partial charge < -0.3 is 19.7 Å². The van der Waals surface area contributed by atoms with E-state index in [1.54, 1.807) is 0 Å². The van der Waals surface area contributed by atoms with E-state index in [2.05, 4.69) is 72.8 Å². The van der Waals surface area contributed by atoms with Crippen LogP contribution in [0.2, 0.25) is 0 Å². The summed E-state index contributed by atoms with van der Waals surface area (Å²) in [5.74, 6) is 1.88. The number of benzene rings is 3. The smallest absolute Gasteiger partial charge is 0.124 e. The van der Waals surface area contributed by atoms with Crippen molar-refractivity contribution >= 4 is 0 Å². The Bertz CT molecular complexity index is 956. The Morgan fingerprint density at radius 3 is 2.53 bits per heavy atom. The third kappa shape index (κ3) is 5.02. The highest BCUT2D eigenvalue weighted by molar-refractivity contribution is 5.47. The van der Waals surface area contributed by atoms with Crippen molar-refractivity contribution in [3.8, 4) is 11.5 Å². The molecule has 1 aliphatic heterocycles. The number of fused-ring (bicyclic) bond motifs is 1. The average Bonchev–Trinajstić information content (AvgIpc) is 2.78. The first-order valence-electron chi connectivity index (χ1n) is 10.6. The van der Waals surface area contributed by atoms with Crippen molar-refractivity contribution < 1.29 is 9.47 Å². The number of ether oxygens (including phenoxy) is 2. The quantitative estimate of drug-likeness (QED) is 0.604. The maximum Gasteiger partial charge on any atom is 0.124 e. The summed E-state index contributed by atoms with van der Waals surface area (Å²) >= 11 is 0. The van der Waals surface area contributed by atoms with Gasteiger partial charge in [-0.1, -0.05) is 54.6 Å². The van der Waals surface area contributed by atoms with Crippen LogP contribution in [0.15, 0.2) is 72.8 Å². The van der Waals surface area contributed by atoms with Gasteiger partial charge in [0, 0.05) is 18.7 Å². The average molecular weight is 403 g/mol. The second-order valence-corrected chi connectivity index (χ2v) is 7.96. The van der Waals surface area contributed by atoms with Gasteiger partial charge >= 0.3 is 0 Å². The summed E-state index contributed by atoms with van der Waals surface area (Å²) in [5.41, 5.74) is 5.00. The molecule has 3 aromatic carbocycles. The van der Waals surface area contributed by atoms with Gasteiger partial charge in [0.25, 0.3) is 0 Å². The molecule has 1 N–H and O–H groups in total. The topological polar surface area (TPSA) is 33.7 Å². The molecule has 1 atom stereocenters. The molecular weight excluding hydrogens is 372 g/mol. The first-order valence-corrected chi connectivity index (χ1v) is 10.6. The molecule has 3 aromatic rings. The van der Waals surface area contributed by atoms with Gasteiger partial charge in [-0.2, -0.15) is 0 Å². The zero-order valence-electron chi connectivity index (χ0n) is 17.8. The van der Waals surface area contributed by atoms with Crippen LogP contribution < -0.4 is 14.8 Å². The Hall–Kier alpha value is -2.82. The molecule has 30 heavy (non-hydrogen) atoms. The molecule has 0 radical (unpaired) electrons. The number of rotatable bonds is 8. The second-order valence-electron chi connectivity index (χ2n) is 7.96. The molecule has 0 saturated heterocycles. The molecule has 1 heterocycles. The highest BCUT2D eigenvalue weighted by atomic mass is 16.5. The Labute approximate surface area is 179 Å². The highest BCUT2D eigenvalue weighted by Gasteiger charge is 2.24. The van der Waals surface area contributed by atoms with Crippen molar-refractivity contribution in [2.24, 2.45) is 0 Å². The van der Waals surface area contributed by atoms with Crippen LogP contribution in [0.25, 0.3) is 0 Å². The third-order valence-electron chi connectivity index (χ3n) is 5.44. The number of nitrogens with zero attached hydrogens (tertiary/aromatic N) is 1. The van der Waals surface area contributed by atoms with Gasteiger partial charge in [-0.05, 0) is 55.4 Å². The van der Waals surface area contributed by atoms with Crippen LogP contribution in [0.4, 0.5) is 0 Å². The summed E-state index contributed by atoms with van der Waals surface area (Å²) in [6.45, 7) is 3.11. The maximum atomic E-state index is 6.22. The first-order chi connectivity index (χ1) is 14.7. The van der Waals surface area contributed by atoms with Crippen LogP contribution in [0.5, 0.6) is 11.5 Å². The summed E-state index contributed by atoms with van der Waals surface area (Å²) in [7, 11) is 4.12. The lowest BCUT2D eigenvalue weighted by molar-refractivity contribution is 0.261. The Morgan fingerprint density at radius 2 is 1.70 bits per heavy atom. The van der Waals surface area contributed by atoms with Crippen LogP contribution in [0.1, 0.15) is 28.3 Å². The monoisotopic (exact) mass is 402 g/mol. The van der Waals surface area contributed by atoms with E-state index in [-0.39, 0.29) is 6.04 Å². The van der Waals surface area contributed by atoms with E-state index in [0.29, 0.717) is 13.2 Å². The molecule has 0 aromatic heterocycles. The van der Waals surface area contributed by atoms with Crippen molar-refractivity contribution in [1.29, 1.82) is 0 Å². The molecule has 1 unspecified atom stereocenters. The zero-order chi connectivity index (χ0) is 20.8. The fourth-order valence-electron chi connectivity index (χ4n) is 3.84. The van der Waals surface area contributed by atoms with Crippen molar-refractivity contribution in [2.75, 3.05) is 33.8 Å². The molecular formula is C26H30N2O2. The standard InChI is InChI=1S/C26H30N2O2/c1-28(2)16-17-29-22-12-13-23-21(18-22)14-15-27-26(23)24-10-6-7-11-25(24)30-19-20-8-4-3-5-9-20/h3-13,18,26-27H,14-17,19H2,1-2H3. The molecule has 0 aliphatic carbocycles. The molecule has 156 valence electrons. The van der Waals surface area contributed by atoms with Crippen molar-refractivity contribution in [3.63, 3.8) is 0 Å². The number of hydrogen-bond donors (Lipinski definition) is 1. The summed E-state index contributed by atoms with van der Waals surface area (Å²) < 4.78 is 12.2. The van der Waals surface area contributed by atoms with Gasteiger partial charge in [0.15, 0.2) is 0 Å². The van der Waals surface area contributed by atoms with Gasteiger partial charge in [-0.3, -0.25) is 0 Å². The van der Waals surface area contributed by atoms with E-state index in [0.717, 1.165) is 31.0 Å². The summed E-state index contributed by atoms with van der Waals surface area (Å²) in [4.78, 5) is 2.13. The summed E-state index contributed by atoms with van der Waals surface area (Å²) in [6.07, 6.45) is 1.00. The number of para-hydroxylation sites is 1. The lowest BCUT2D eigenvalue weighted by atomic mass is 9.89. The van der Waals surface area contributed by atoms with Crippen LogP contribution in [0, 0.1) is 0 Å². The normalized spacial score (nSPS) is 15.6. The van der Waals surface area contributed by atoms with Gasteiger partial charge in [-0.25, -0.2) is 0 Å². The molecule has 4 heteroatoms. The van der Waals surface area contributed by atoms with E-state index >= 15 is 0 Å². The minimum Gasteiger partial charge on any atom is -0.492 e.